The molecule has 29 heavy (non-hydrogen) atoms. The van der Waals surface area contributed by atoms with Crippen LogP contribution in [-0.2, 0) is 20.7 Å². The molecule has 8 heteroatoms. The maximum Gasteiger partial charge on any atom is 0.306 e. The average molecular weight is 415 g/mol. The molecule has 0 aliphatic rings. The number of rotatable bonds is 9. The van der Waals surface area contributed by atoms with Crippen LogP contribution in [0, 0.1) is 0 Å². The summed E-state index contributed by atoms with van der Waals surface area (Å²) in [4.78, 5) is 29.0. The molecular weight excluding hydrogens is 388 g/mol. The minimum absolute atomic E-state index is 0.167. The number of carbonyl (C=O) groups excluding carboxylic acids is 2. The molecule has 1 amide bonds. The molecule has 0 saturated heterocycles. The van der Waals surface area contributed by atoms with Gasteiger partial charge in [-0.05, 0) is 45.2 Å². The summed E-state index contributed by atoms with van der Waals surface area (Å²) in [6, 6.07) is 9.88. The first-order chi connectivity index (χ1) is 14.0. The first-order valence-electron chi connectivity index (χ1n) is 9.86. The fourth-order valence-corrected chi connectivity index (χ4v) is 3.89. The van der Waals surface area contributed by atoms with Gasteiger partial charge in [0.25, 0.3) is 5.91 Å². The lowest BCUT2D eigenvalue weighted by molar-refractivity contribution is -0.153. The van der Waals surface area contributed by atoms with Crippen molar-refractivity contribution in [2.24, 2.45) is 0 Å². The summed E-state index contributed by atoms with van der Waals surface area (Å²) in [7, 11) is 0. The highest BCUT2D eigenvalue weighted by atomic mass is 32.1. The van der Waals surface area contributed by atoms with Gasteiger partial charge in [-0.25, -0.2) is 9.67 Å². The van der Waals surface area contributed by atoms with Crippen molar-refractivity contribution in [3.05, 3.63) is 41.5 Å². The molecule has 0 saturated carbocycles. The van der Waals surface area contributed by atoms with Gasteiger partial charge in [-0.1, -0.05) is 19.1 Å². The summed E-state index contributed by atoms with van der Waals surface area (Å²) < 4.78 is 8.19. The van der Waals surface area contributed by atoms with Crippen LogP contribution in [0.15, 0.2) is 36.5 Å². The van der Waals surface area contributed by atoms with Crippen molar-refractivity contribution >= 4 is 39.2 Å². The lowest BCUT2D eigenvalue weighted by Gasteiger charge is -2.16. The molecule has 0 aliphatic carbocycles. The zero-order valence-electron chi connectivity index (χ0n) is 16.9. The Morgan fingerprint density at radius 3 is 2.79 bits per heavy atom. The number of aromatic nitrogens is 3. The molecule has 0 aliphatic heterocycles. The molecule has 2 aromatic heterocycles. The Kier molecular flexibility index (Phi) is 6.98. The van der Waals surface area contributed by atoms with Crippen LogP contribution in [0.3, 0.4) is 0 Å². The summed E-state index contributed by atoms with van der Waals surface area (Å²) in [6.07, 6.45) is 3.25. The second kappa shape index (κ2) is 9.65. The Morgan fingerprint density at radius 2 is 2.03 bits per heavy atom. The van der Waals surface area contributed by atoms with Gasteiger partial charge in [-0.3, -0.25) is 9.59 Å². The van der Waals surface area contributed by atoms with E-state index < -0.39 is 6.10 Å². The van der Waals surface area contributed by atoms with E-state index in [9.17, 15) is 9.59 Å². The summed E-state index contributed by atoms with van der Waals surface area (Å²) in [5.74, 6) is -0.151. The Hall–Kier alpha value is -2.74. The van der Waals surface area contributed by atoms with Gasteiger partial charge < -0.3 is 10.1 Å². The number of nitrogens with one attached hydrogen (secondary N) is 1. The van der Waals surface area contributed by atoms with E-state index in [2.05, 4.69) is 22.3 Å². The molecule has 7 nitrogen and oxygen atoms in total. The highest BCUT2D eigenvalue weighted by Gasteiger charge is 2.20. The zero-order chi connectivity index (χ0) is 20.8. The van der Waals surface area contributed by atoms with Crippen LogP contribution >= 0.6 is 11.3 Å². The standard InChI is InChI=1S/C21H26N4O3S/c1-4-14(2)25-18(12-13-22-25)24-21(27)15(3)28-20(26)11-7-10-19-23-16-8-5-6-9-17(16)29-19/h5-6,8-9,12-15H,4,7,10-11H2,1-3H3,(H,24,27)/t14-,15+/m0/s1. The SMILES string of the molecule is CC[C@H](C)n1nccc1NC(=O)[C@@H](C)OC(=O)CCCc1nc2ccccc2s1. The van der Waals surface area contributed by atoms with Crippen LogP contribution in [0.25, 0.3) is 10.2 Å². The number of para-hydroxylation sites is 1. The van der Waals surface area contributed by atoms with E-state index in [1.54, 1.807) is 35.2 Å². The molecule has 0 spiro atoms. The predicted octanol–water partition coefficient (Wildman–Crippen LogP) is 4.36. The molecule has 0 fully saturated rings. The van der Waals surface area contributed by atoms with Gasteiger partial charge in [0, 0.05) is 12.5 Å². The minimum atomic E-state index is -0.870. The van der Waals surface area contributed by atoms with Crippen molar-refractivity contribution in [2.45, 2.75) is 58.6 Å². The van der Waals surface area contributed by atoms with E-state index in [0.29, 0.717) is 18.7 Å². The van der Waals surface area contributed by atoms with E-state index in [4.69, 9.17) is 4.74 Å². The molecule has 1 N–H and O–H groups in total. The number of carbonyl (C=O) groups is 2. The van der Waals surface area contributed by atoms with Crippen LogP contribution in [0.1, 0.15) is 51.1 Å². The maximum absolute atomic E-state index is 12.4. The second-order valence-electron chi connectivity index (χ2n) is 6.97. The number of amides is 1. The molecule has 3 aromatic rings. The number of anilines is 1. The fraction of sp³-hybridized carbons (Fsp3) is 0.429. The smallest absolute Gasteiger partial charge is 0.306 e. The van der Waals surface area contributed by atoms with E-state index in [-0.39, 0.29) is 24.3 Å². The average Bonchev–Trinajstić information content (AvgIpc) is 3.33. The summed E-state index contributed by atoms with van der Waals surface area (Å²) in [5.41, 5.74) is 0.983. The predicted molar refractivity (Wildman–Crippen MR) is 114 cm³/mol. The van der Waals surface area contributed by atoms with Crippen LogP contribution in [0.4, 0.5) is 5.82 Å². The molecule has 0 unspecified atom stereocenters. The largest absolute Gasteiger partial charge is 0.453 e. The second-order valence-corrected chi connectivity index (χ2v) is 8.08. The normalized spacial score (nSPS) is 13.2. The van der Waals surface area contributed by atoms with Gasteiger partial charge in [-0.15, -0.1) is 11.3 Å². The number of nitrogens with zero attached hydrogens (tertiary/aromatic N) is 3. The molecule has 154 valence electrons. The third kappa shape index (κ3) is 5.41. The maximum atomic E-state index is 12.4. The van der Waals surface area contributed by atoms with Gasteiger partial charge in [-0.2, -0.15) is 5.10 Å². The van der Waals surface area contributed by atoms with Crippen LogP contribution in [0.2, 0.25) is 0 Å². The minimum Gasteiger partial charge on any atom is -0.453 e. The van der Waals surface area contributed by atoms with Gasteiger partial charge in [0.05, 0.1) is 27.5 Å². The van der Waals surface area contributed by atoms with Crippen molar-refractivity contribution in [1.29, 1.82) is 0 Å². The van der Waals surface area contributed by atoms with Crippen molar-refractivity contribution in [3.63, 3.8) is 0 Å². The summed E-state index contributed by atoms with van der Waals surface area (Å²) in [5, 5.41) is 8.02. The number of fused-ring (bicyclic) bond motifs is 1. The monoisotopic (exact) mass is 414 g/mol. The number of hydrogen-bond donors (Lipinski definition) is 1. The molecule has 2 atom stereocenters. The lowest BCUT2D eigenvalue weighted by atomic mass is 10.2. The van der Waals surface area contributed by atoms with Gasteiger partial charge in [0.1, 0.15) is 5.82 Å². The third-order valence-corrected chi connectivity index (χ3v) is 5.81. The van der Waals surface area contributed by atoms with Gasteiger partial charge in [0.15, 0.2) is 6.10 Å². The first-order valence-corrected chi connectivity index (χ1v) is 10.7. The highest BCUT2D eigenvalue weighted by molar-refractivity contribution is 7.18. The van der Waals surface area contributed by atoms with Gasteiger partial charge >= 0.3 is 5.97 Å². The first kappa shape index (κ1) is 21.0. The number of esters is 1. The van der Waals surface area contributed by atoms with E-state index >= 15 is 0 Å². The number of aryl methyl sites for hydroxylation is 1. The Bertz CT molecular complexity index is 948. The molecule has 1 aromatic carbocycles. The van der Waals surface area contributed by atoms with Crippen LogP contribution in [-0.4, -0.2) is 32.7 Å². The van der Waals surface area contributed by atoms with Crippen molar-refractivity contribution in [1.82, 2.24) is 14.8 Å². The van der Waals surface area contributed by atoms with Crippen LogP contribution in [0.5, 0.6) is 0 Å². The highest BCUT2D eigenvalue weighted by Crippen LogP contribution is 2.23. The van der Waals surface area contributed by atoms with E-state index in [0.717, 1.165) is 21.6 Å². The van der Waals surface area contributed by atoms with E-state index in [1.807, 2.05) is 31.2 Å². The lowest BCUT2D eigenvalue weighted by Crippen LogP contribution is -2.31. The topological polar surface area (TPSA) is 86.1 Å². The quantitative estimate of drug-likeness (QED) is 0.526. The Labute approximate surface area is 174 Å². The summed E-state index contributed by atoms with van der Waals surface area (Å²) >= 11 is 1.64. The number of benzene rings is 1. The van der Waals surface area contributed by atoms with Gasteiger partial charge in [0.2, 0.25) is 0 Å². The molecular formula is C21H26N4O3S. The summed E-state index contributed by atoms with van der Waals surface area (Å²) in [6.45, 7) is 5.65. The molecule has 0 radical (unpaired) electrons. The number of ether oxygens (including phenoxy) is 1. The molecule has 0 bridgehead atoms. The van der Waals surface area contributed by atoms with Crippen molar-refractivity contribution in [3.8, 4) is 0 Å². The fourth-order valence-electron chi connectivity index (χ4n) is 2.89. The third-order valence-electron chi connectivity index (χ3n) is 4.72. The molecule has 2 heterocycles. The number of thiazole rings is 1. The van der Waals surface area contributed by atoms with E-state index in [1.165, 1.54) is 0 Å². The zero-order valence-corrected chi connectivity index (χ0v) is 17.7. The Balaban J connectivity index is 1.45. The van der Waals surface area contributed by atoms with Crippen molar-refractivity contribution in [2.75, 3.05) is 5.32 Å². The van der Waals surface area contributed by atoms with Crippen molar-refractivity contribution < 1.29 is 14.3 Å². The Morgan fingerprint density at radius 1 is 1.24 bits per heavy atom. The van der Waals surface area contributed by atoms with Crippen LogP contribution < -0.4 is 5.32 Å². The molecule has 3 rings (SSSR count). The number of hydrogen-bond acceptors (Lipinski definition) is 6.